The molecule has 1 aliphatic carbocycles. The van der Waals surface area contributed by atoms with E-state index in [0.29, 0.717) is 6.42 Å². The first-order valence-electron chi connectivity index (χ1n) is 5.02. The highest BCUT2D eigenvalue weighted by atomic mass is 32.2. The van der Waals surface area contributed by atoms with E-state index in [1.54, 1.807) is 0 Å². The Morgan fingerprint density at radius 3 is 2.75 bits per heavy atom. The fraction of sp³-hybridized carbons (Fsp3) is 0.167. The molecule has 3 rings (SSSR count). The molecule has 0 fully saturated rings. The number of benzene rings is 2. The molecule has 0 saturated heterocycles. The molecule has 82 valence electrons. The summed E-state index contributed by atoms with van der Waals surface area (Å²) in [7, 11) is 0. The summed E-state index contributed by atoms with van der Waals surface area (Å²) in [5, 5.41) is 2.28. The van der Waals surface area contributed by atoms with Crippen LogP contribution in [0.5, 0.6) is 0 Å². The standard InChI is InChI=1S/C12H10O3S/c13-16(14)15-11-7-9-5-1-3-8-4-2-6-10(11)12(8)9/h1-6,11H,7H2,(H,13,14)/p-1. The first-order valence-corrected chi connectivity index (χ1v) is 6.02. The number of rotatable bonds is 2. The molecule has 3 nitrogen and oxygen atoms in total. The van der Waals surface area contributed by atoms with Crippen LogP contribution in [0.3, 0.4) is 0 Å². The monoisotopic (exact) mass is 233 g/mol. The fourth-order valence-electron chi connectivity index (χ4n) is 2.38. The van der Waals surface area contributed by atoms with E-state index in [4.69, 9.17) is 4.18 Å². The maximum atomic E-state index is 10.6. The second-order valence-electron chi connectivity index (χ2n) is 3.86. The van der Waals surface area contributed by atoms with Gasteiger partial charge in [-0.15, -0.1) is 0 Å². The Balaban J connectivity index is 2.17. The van der Waals surface area contributed by atoms with Gasteiger partial charge >= 0.3 is 0 Å². The molecule has 2 unspecified atom stereocenters. The molecule has 2 atom stereocenters. The molecule has 0 saturated carbocycles. The number of hydrogen-bond donors (Lipinski definition) is 0. The van der Waals surface area contributed by atoms with Gasteiger partial charge in [-0.25, -0.2) is 4.21 Å². The van der Waals surface area contributed by atoms with Crippen molar-refractivity contribution < 1.29 is 12.9 Å². The lowest BCUT2D eigenvalue weighted by Gasteiger charge is -2.13. The highest BCUT2D eigenvalue weighted by Crippen LogP contribution is 2.38. The van der Waals surface area contributed by atoms with Gasteiger partial charge < -0.3 is 4.55 Å². The van der Waals surface area contributed by atoms with Crippen LogP contribution >= 0.6 is 0 Å². The highest BCUT2D eigenvalue weighted by molar-refractivity contribution is 7.74. The summed E-state index contributed by atoms with van der Waals surface area (Å²) in [5.74, 6) is 0. The van der Waals surface area contributed by atoms with E-state index in [1.807, 2.05) is 36.4 Å². The van der Waals surface area contributed by atoms with E-state index in [-0.39, 0.29) is 6.10 Å². The first-order chi connectivity index (χ1) is 7.75. The van der Waals surface area contributed by atoms with Gasteiger partial charge in [0.05, 0.1) is 11.4 Å². The minimum Gasteiger partial charge on any atom is -0.750 e. The quantitative estimate of drug-likeness (QED) is 0.747. The van der Waals surface area contributed by atoms with Crippen LogP contribution in [0, 0.1) is 0 Å². The number of hydrogen-bond acceptors (Lipinski definition) is 3. The Morgan fingerprint density at radius 2 is 2.00 bits per heavy atom. The predicted molar refractivity (Wildman–Crippen MR) is 60.4 cm³/mol. The molecule has 0 spiro atoms. The Hall–Kier alpha value is -1.23. The zero-order chi connectivity index (χ0) is 11.1. The highest BCUT2D eigenvalue weighted by Gasteiger charge is 2.24. The maximum absolute atomic E-state index is 10.6. The summed E-state index contributed by atoms with van der Waals surface area (Å²) in [6, 6.07) is 11.9. The minimum atomic E-state index is -2.46. The topological polar surface area (TPSA) is 49.4 Å². The molecular formula is C12H9O3S-. The molecular weight excluding hydrogens is 224 g/mol. The molecule has 0 aliphatic heterocycles. The third-order valence-electron chi connectivity index (χ3n) is 2.97. The van der Waals surface area contributed by atoms with Crippen molar-refractivity contribution in [2.24, 2.45) is 0 Å². The van der Waals surface area contributed by atoms with Crippen molar-refractivity contribution in [2.45, 2.75) is 12.5 Å². The van der Waals surface area contributed by atoms with E-state index in [1.165, 1.54) is 0 Å². The van der Waals surface area contributed by atoms with Crippen LogP contribution in [-0.2, 0) is 22.0 Å². The largest absolute Gasteiger partial charge is 0.750 e. The van der Waals surface area contributed by atoms with Crippen molar-refractivity contribution in [1.29, 1.82) is 0 Å². The third kappa shape index (κ3) is 1.46. The first kappa shape index (κ1) is 9.96. The second-order valence-corrected chi connectivity index (χ2v) is 4.46. The molecule has 1 aliphatic rings. The van der Waals surface area contributed by atoms with Crippen LogP contribution in [0.15, 0.2) is 36.4 Å². The molecule has 0 radical (unpaired) electrons. The Labute approximate surface area is 95.5 Å². The molecule has 16 heavy (non-hydrogen) atoms. The third-order valence-corrected chi connectivity index (χ3v) is 3.36. The average molecular weight is 233 g/mol. The van der Waals surface area contributed by atoms with Crippen molar-refractivity contribution in [2.75, 3.05) is 0 Å². The molecule has 0 amide bonds. The van der Waals surface area contributed by atoms with Crippen LogP contribution in [0.25, 0.3) is 10.8 Å². The zero-order valence-electron chi connectivity index (χ0n) is 8.38. The minimum absolute atomic E-state index is 0.362. The van der Waals surface area contributed by atoms with Gasteiger partial charge in [0, 0.05) is 6.42 Å². The lowest BCUT2D eigenvalue weighted by Crippen LogP contribution is -2.04. The van der Waals surface area contributed by atoms with E-state index < -0.39 is 11.4 Å². The SMILES string of the molecule is O=S([O-])OC1Cc2cccc3cccc1c23. The fourth-order valence-corrected chi connectivity index (χ4v) is 2.74. The summed E-state index contributed by atoms with van der Waals surface area (Å²) < 4.78 is 26.1. The summed E-state index contributed by atoms with van der Waals surface area (Å²) in [6.45, 7) is 0. The summed E-state index contributed by atoms with van der Waals surface area (Å²) in [4.78, 5) is 0. The van der Waals surface area contributed by atoms with E-state index in [9.17, 15) is 8.76 Å². The van der Waals surface area contributed by atoms with Crippen LogP contribution in [0.2, 0.25) is 0 Å². The summed E-state index contributed by atoms with van der Waals surface area (Å²) in [5.41, 5.74) is 2.13. The Bertz CT molecular complexity index is 574. The van der Waals surface area contributed by atoms with Gasteiger partial charge in [0.2, 0.25) is 0 Å². The van der Waals surface area contributed by atoms with Gasteiger partial charge in [0.1, 0.15) is 6.10 Å². The molecule has 2 aromatic rings. The van der Waals surface area contributed by atoms with Crippen LogP contribution in [0.1, 0.15) is 17.2 Å². The van der Waals surface area contributed by atoms with Gasteiger partial charge in [0.15, 0.2) is 0 Å². The van der Waals surface area contributed by atoms with Crippen LogP contribution < -0.4 is 0 Å². The van der Waals surface area contributed by atoms with Crippen LogP contribution in [0.4, 0.5) is 0 Å². The van der Waals surface area contributed by atoms with Crippen molar-refractivity contribution in [3.05, 3.63) is 47.5 Å². The molecule has 2 aromatic carbocycles. The van der Waals surface area contributed by atoms with E-state index in [2.05, 4.69) is 0 Å². The average Bonchev–Trinajstić information content (AvgIpc) is 2.59. The Kier molecular flexibility index (Phi) is 2.28. The van der Waals surface area contributed by atoms with E-state index >= 15 is 0 Å². The normalized spacial score (nSPS) is 20.2. The van der Waals surface area contributed by atoms with Crippen molar-refractivity contribution >= 4 is 22.1 Å². The summed E-state index contributed by atoms with van der Waals surface area (Å²) >= 11 is -2.46. The Morgan fingerprint density at radius 1 is 1.25 bits per heavy atom. The lowest BCUT2D eigenvalue weighted by atomic mass is 10.1. The second kappa shape index (κ2) is 3.66. The van der Waals surface area contributed by atoms with Crippen LogP contribution in [-0.4, -0.2) is 8.76 Å². The van der Waals surface area contributed by atoms with Crippen molar-refractivity contribution in [3.63, 3.8) is 0 Å². The van der Waals surface area contributed by atoms with Crippen molar-refractivity contribution in [1.82, 2.24) is 0 Å². The molecule has 4 heteroatoms. The van der Waals surface area contributed by atoms with Gasteiger partial charge in [-0.3, -0.25) is 4.18 Å². The summed E-state index contributed by atoms with van der Waals surface area (Å²) in [6.07, 6.45) is 0.268. The van der Waals surface area contributed by atoms with Gasteiger partial charge in [-0.05, 0) is 21.9 Å². The van der Waals surface area contributed by atoms with Crippen molar-refractivity contribution in [3.8, 4) is 0 Å². The molecule has 0 aromatic heterocycles. The lowest BCUT2D eigenvalue weighted by molar-refractivity contribution is 0.211. The van der Waals surface area contributed by atoms with Gasteiger partial charge in [0.25, 0.3) is 0 Å². The molecule has 0 N–H and O–H groups in total. The molecule has 0 bridgehead atoms. The maximum Gasteiger partial charge on any atom is 0.103 e. The smallest absolute Gasteiger partial charge is 0.103 e. The zero-order valence-corrected chi connectivity index (χ0v) is 9.20. The predicted octanol–water partition coefficient (Wildman–Crippen LogP) is 2.25. The molecule has 0 heterocycles. The van der Waals surface area contributed by atoms with Gasteiger partial charge in [-0.1, -0.05) is 36.4 Å². The van der Waals surface area contributed by atoms with E-state index in [0.717, 1.165) is 21.9 Å². The van der Waals surface area contributed by atoms with Gasteiger partial charge in [-0.2, -0.15) is 0 Å².